The first-order chi connectivity index (χ1) is 13.9. The highest BCUT2D eigenvalue weighted by Crippen LogP contribution is 2.31. The van der Waals surface area contributed by atoms with E-state index in [1.54, 1.807) is 4.90 Å². The van der Waals surface area contributed by atoms with Crippen LogP contribution in [0.3, 0.4) is 0 Å². The third-order valence-electron chi connectivity index (χ3n) is 4.94. The van der Waals surface area contributed by atoms with E-state index in [4.69, 9.17) is 4.98 Å². The second-order valence-corrected chi connectivity index (χ2v) is 7.71. The van der Waals surface area contributed by atoms with E-state index in [1.807, 2.05) is 25.1 Å². The number of aromatic nitrogens is 1. The van der Waals surface area contributed by atoms with Crippen molar-refractivity contribution < 1.29 is 9.72 Å². The van der Waals surface area contributed by atoms with Crippen LogP contribution in [0.4, 0.5) is 10.8 Å². The smallest absolute Gasteiger partial charge is 0.269 e. The van der Waals surface area contributed by atoms with Gasteiger partial charge in [0.2, 0.25) is 0 Å². The Morgan fingerprint density at radius 2 is 1.79 bits per heavy atom. The van der Waals surface area contributed by atoms with Crippen LogP contribution in [0.1, 0.15) is 29.8 Å². The summed E-state index contributed by atoms with van der Waals surface area (Å²) in [5.74, 6) is -0.205. The molecule has 8 heteroatoms. The van der Waals surface area contributed by atoms with Gasteiger partial charge < -0.3 is 4.90 Å². The van der Waals surface area contributed by atoms with Crippen LogP contribution < -0.4 is 4.90 Å². The van der Waals surface area contributed by atoms with E-state index >= 15 is 0 Å². The molecule has 3 rings (SSSR count). The molecule has 3 aromatic rings. The van der Waals surface area contributed by atoms with E-state index in [2.05, 4.69) is 18.7 Å². The van der Waals surface area contributed by atoms with E-state index in [-0.39, 0.29) is 11.6 Å². The van der Waals surface area contributed by atoms with E-state index in [0.717, 1.165) is 35.4 Å². The standard InChI is InChI=1S/C21H24N4O3S/c1-4-23(5-2)13-14-24(20(26)16-9-11-17(12-10-16)25(27)28)21-22-19-15(3)7-6-8-18(19)29-21/h6-12H,4-5,13-14H2,1-3H3. The zero-order valence-electron chi connectivity index (χ0n) is 16.8. The minimum atomic E-state index is -0.470. The number of non-ortho nitro benzene ring substituents is 1. The van der Waals surface area contributed by atoms with Gasteiger partial charge in [-0.2, -0.15) is 0 Å². The lowest BCUT2D eigenvalue weighted by Crippen LogP contribution is -2.38. The Kier molecular flexibility index (Phi) is 6.56. The van der Waals surface area contributed by atoms with Crippen LogP contribution >= 0.6 is 11.3 Å². The maximum Gasteiger partial charge on any atom is 0.269 e. The van der Waals surface area contributed by atoms with Crippen LogP contribution in [-0.2, 0) is 0 Å². The lowest BCUT2D eigenvalue weighted by molar-refractivity contribution is -0.384. The van der Waals surface area contributed by atoms with Crippen molar-refractivity contribution in [1.29, 1.82) is 0 Å². The highest BCUT2D eigenvalue weighted by atomic mass is 32.1. The molecular formula is C21H24N4O3S. The summed E-state index contributed by atoms with van der Waals surface area (Å²) in [5.41, 5.74) is 2.34. The fourth-order valence-corrected chi connectivity index (χ4v) is 4.20. The fourth-order valence-electron chi connectivity index (χ4n) is 3.14. The SMILES string of the molecule is CCN(CC)CCN(C(=O)c1ccc([N+](=O)[O-])cc1)c1nc2c(C)cccc2s1. The molecule has 2 aromatic carbocycles. The first-order valence-corrected chi connectivity index (χ1v) is 10.4. The summed E-state index contributed by atoms with van der Waals surface area (Å²) >= 11 is 1.48. The van der Waals surface area contributed by atoms with Gasteiger partial charge in [-0.3, -0.25) is 19.8 Å². The van der Waals surface area contributed by atoms with Crippen molar-refractivity contribution in [2.75, 3.05) is 31.1 Å². The second kappa shape index (κ2) is 9.11. The molecule has 1 amide bonds. The van der Waals surface area contributed by atoms with Gasteiger partial charge >= 0.3 is 0 Å². The zero-order valence-corrected chi connectivity index (χ0v) is 17.6. The summed E-state index contributed by atoms with van der Waals surface area (Å²) in [6.45, 7) is 9.20. The molecule has 0 radical (unpaired) electrons. The number of anilines is 1. The average molecular weight is 413 g/mol. The molecule has 0 fully saturated rings. The summed E-state index contributed by atoms with van der Waals surface area (Å²) in [5, 5.41) is 11.6. The molecule has 0 saturated carbocycles. The Hall–Kier alpha value is -2.84. The number of carbonyl (C=O) groups excluding carboxylic acids is 1. The first-order valence-electron chi connectivity index (χ1n) is 9.59. The number of fused-ring (bicyclic) bond motifs is 1. The maximum absolute atomic E-state index is 13.3. The van der Waals surface area contributed by atoms with Crippen LogP contribution in [0.25, 0.3) is 10.2 Å². The number of likely N-dealkylation sites (N-methyl/N-ethyl adjacent to an activating group) is 1. The van der Waals surface area contributed by atoms with Crippen molar-refractivity contribution in [3.8, 4) is 0 Å². The number of benzene rings is 2. The van der Waals surface area contributed by atoms with Crippen LogP contribution in [0, 0.1) is 17.0 Å². The summed E-state index contributed by atoms with van der Waals surface area (Å²) in [4.78, 5) is 32.4. The normalized spacial score (nSPS) is 11.2. The second-order valence-electron chi connectivity index (χ2n) is 6.71. The van der Waals surface area contributed by atoms with Gasteiger partial charge in [0, 0.05) is 30.8 Å². The molecule has 29 heavy (non-hydrogen) atoms. The summed E-state index contributed by atoms with van der Waals surface area (Å²) in [6.07, 6.45) is 0. The molecule has 0 saturated heterocycles. The number of amides is 1. The highest BCUT2D eigenvalue weighted by molar-refractivity contribution is 7.22. The molecule has 0 bridgehead atoms. The summed E-state index contributed by atoms with van der Waals surface area (Å²) in [6, 6.07) is 11.7. The Balaban J connectivity index is 1.95. The molecule has 0 atom stereocenters. The first kappa shape index (κ1) is 20.9. The van der Waals surface area contributed by atoms with E-state index in [0.29, 0.717) is 17.2 Å². The monoisotopic (exact) mass is 412 g/mol. The van der Waals surface area contributed by atoms with Crippen molar-refractivity contribution in [3.63, 3.8) is 0 Å². The van der Waals surface area contributed by atoms with Crippen molar-refractivity contribution in [2.45, 2.75) is 20.8 Å². The van der Waals surface area contributed by atoms with Gasteiger partial charge in [0.15, 0.2) is 5.13 Å². The Labute approximate surface area is 173 Å². The summed E-state index contributed by atoms with van der Waals surface area (Å²) in [7, 11) is 0. The molecule has 0 N–H and O–H groups in total. The van der Waals surface area contributed by atoms with Crippen LogP contribution in [0.5, 0.6) is 0 Å². The highest BCUT2D eigenvalue weighted by Gasteiger charge is 2.23. The Morgan fingerprint density at radius 1 is 1.10 bits per heavy atom. The predicted molar refractivity (Wildman–Crippen MR) is 117 cm³/mol. The molecule has 1 heterocycles. The van der Waals surface area contributed by atoms with Crippen molar-refractivity contribution in [1.82, 2.24) is 9.88 Å². The molecule has 7 nitrogen and oxygen atoms in total. The number of hydrogen-bond donors (Lipinski definition) is 0. The molecule has 152 valence electrons. The largest absolute Gasteiger partial charge is 0.302 e. The number of nitro benzene ring substituents is 1. The number of para-hydroxylation sites is 1. The molecule has 0 aliphatic heterocycles. The number of hydrogen-bond acceptors (Lipinski definition) is 6. The zero-order chi connectivity index (χ0) is 21.0. The third-order valence-corrected chi connectivity index (χ3v) is 5.99. The lowest BCUT2D eigenvalue weighted by Gasteiger charge is -2.24. The number of rotatable bonds is 8. The van der Waals surface area contributed by atoms with Crippen LogP contribution in [0.2, 0.25) is 0 Å². The topological polar surface area (TPSA) is 79.6 Å². The lowest BCUT2D eigenvalue weighted by atomic mass is 10.2. The Morgan fingerprint density at radius 3 is 2.38 bits per heavy atom. The van der Waals surface area contributed by atoms with E-state index < -0.39 is 4.92 Å². The van der Waals surface area contributed by atoms with Gasteiger partial charge in [0.1, 0.15) is 0 Å². The van der Waals surface area contributed by atoms with Crippen molar-refractivity contribution >= 4 is 38.3 Å². The Bertz CT molecular complexity index is 1010. The number of aryl methyl sites for hydroxylation is 1. The molecule has 0 aliphatic rings. The quantitative estimate of drug-likeness (QED) is 0.402. The number of nitro groups is 1. The molecule has 1 aromatic heterocycles. The van der Waals surface area contributed by atoms with Gasteiger partial charge in [-0.25, -0.2) is 4.98 Å². The van der Waals surface area contributed by atoms with Crippen LogP contribution in [-0.4, -0.2) is 46.9 Å². The predicted octanol–water partition coefficient (Wildman–Crippen LogP) is 4.50. The molecule has 0 aliphatic carbocycles. The maximum atomic E-state index is 13.3. The van der Waals surface area contributed by atoms with Gasteiger partial charge in [-0.05, 0) is 43.8 Å². The van der Waals surface area contributed by atoms with E-state index in [1.165, 1.54) is 35.6 Å². The van der Waals surface area contributed by atoms with Crippen molar-refractivity contribution in [3.05, 3.63) is 63.7 Å². The molecule has 0 unspecified atom stereocenters. The van der Waals surface area contributed by atoms with Crippen LogP contribution in [0.15, 0.2) is 42.5 Å². The van der Waals surface area contributed by atoms with Gasteiger partial charge in [0.05, 0.1) is 15.1 Å². The summed E-state index contributed by atoms with van der Waals surface area (Å²) < 4.78 is 1.03. The molecular weight excluding hydrogens is 388 g/mol. The fraction of sp³-hybridized carbons (Fsp3) is 0.333. The van der Waals surface area contributed by atoms with Gasteiger partial charge in [0.25, 0.3) is 11.6 Å². The molecule has 0 spiro atoms. The average Bonchev–Trinajstić information content (AvgIpc) is 3.16. The number of nitrogens with zero attached hydrogens (tertiary/aromatic N) is 4. The third kappa shape index (κ3) is 4.60. The van der Waals surface area contributed by atoms with E-state index in [9.17, 15) is 14.9 Å². The minimum absolute atomic E-state index is 0.0353. The van der Waals surface area contributed by atoms with Gasteiger partial charge in [-0.15, -0.1) is 0 Å². The van der Waals surface area contributed by atoms with Gasteiger partial charge in [-0.1, -0.05) is 37.3 Å². The minimum Gasteiger partial charge on any atom is -0.302 e. The van der Waals surface area contributed by atoms with Crippen molar-refractivity contribution in [2.24, 2.45) is 0 Å². The number of carbonyl (C=O) groups is 1. The number of thiazole rings is 1.